The molecule has 0 radical (unpaired) electrons. The van der Waals surface area contributed by atoms with Crippen molar-refractivity contribution in [1.29, 1.82) is 10.5 Å². The van der Waals surface area contributed by atoms with Crippen molar-refractivity contribution in [3.8, 4) is 12.1 Å². The van der Waals surface area contributed by atoms with Crippen LogP contribution in [0.5, 0.6) is 0 Å². The molecule has 0 saturated carbocycles. The van der Waals surface area contributed by atoms with E-state index in [1.54, 1.807) is 0 Å². The Hall–Kier alpha value is -3.99. The van der Waals surface area contributed by atoms with Crippen LogP contribution in [-0.4, -0.2) is 4.21 Å². The van der Waals surface area contributed by atoms with Gasteiger partial charge in [-0.25, -0.2) is 4.21 Å². The molecular formula is C28H20N2OS. The summed E-state index contributed by atoms with van der Waals surface area (Å²) < 4.78 is 13.0. The maximum Gasteiger partial charge on any atom is 0.0994 e. The van der Waals surface area contributed by atoms with Crippen molar-refractivity contribution in [2.45, 2.75) is 22.6 Å². The highest BCUT2D eigenvalue weighted by Crippen LogP contribution is 2.21. The molecule has 0 fully saturated rings. The Bertz CT molecular complexity index is 1240. The van der Waals surface area contributed by atoms with E-state index in [0.29, 0.717) is 24.0 Å². The molecule has 0 unspecified atom stereocenters. The summed E-state index contributed by atoms with van der Waals surface area (Å²) in [5.74, 6) is 0. The van der Waals surface area contributed by atoms with Gasteiger partial charge in [0.1, 0.15) is 0 Å². The first-order valence-corrected chi connectivity index (χ1v) is 11.4. The molecule has 0 saturated heterocycles. The summed E-state index contributed by atoms with van der Waals surface area (Å²) in [6.07, 6.45) is 1.32. The Kier molecular flexibility index (Phi) is 6.56. The van der Waals surface area contributed by atoms with Crippen LogP contribution in [-0.2, 0) is 23.6 Å². The first-order chi connectivity index (χ1) is 15.7. The molecule has 4 heteroatoms. The van der Waals surface area contributed by atoms with Crippen molar-refractivity contribution in [3.05, 3.63) is 130 Å². The van der Waals surface area contributed by atoms with Crippen molar-refractivity contribution in [1.82, 2.24) is 0 Å². The van der Waals surface area contributed by atoms with E-state index in [-0.39, 0.29) is 0 Å². The van der Waals surface area contributed by atoms with Gasteiger partial charge in [0.15, 0.2) is 0 Å². The van der Waals surface area contributed by atoms with Gasteiger partial charge >= 0.3 is 0 Å². The molecule has 0 heterocycles. The lowest BCUT2D eigenvalue weighted by Gasteiger charge is -2.08. The van der Waals surface area contributed by atoms with Crippen LogP contribution < -0.4 is 0 Å². The fourth-order valence-electron chi connectivity index (χ4n) is 3.60. The maximum atomic E-state index is 13.0. The van der Waals surface area contributed by atoms with Crippen molar-refractivity contribution >= 4 is 10.8 Å². The number of nitriles is 2. The van der Waals surface area contributed by atoms with Gasteiger partial charge < -0.3 is 0 Å². The molecule has 0 atom stereocenters. The van der Waals surface area contributed by atoms with Gasteiger partial charge in [-0.3, -0.25) is 0 Å². The van der Waals surface area contributed by atoms with Crippen LogP contribution in [0, 0.1) is 22.7 Å². The average molecular weight is 433 g/mol. The SMILES string of the molecule is N#Cc1ccccc1Cc1ccc(S(=O)c2ccc(Cc3ccccc3C#N)cc2)cc1. The highest BCUT2D eigenvalue weighted by Gasteiger charge is 2.09. The van der Waals surface area contributed by atoms with Crippen molar-refractivity contribution in [2.75, 3.05) is 0 Å². The summed E-state index contributed by atoms with van der Waals surface area (Å²) in [6, 6.07) is 35.0. The van der Waals surface area contributed by atoms with E-state index < -0.39 is 10.8 Å². The highest BCUT2D eigenvalue weighted by atomic mass is 32.2. The molecule has 0 aliphatic heterocycles. The lowest BCUT2D eigenvalue weighted by molar-refractivity contribution is 0.683. The van der Waals surface area contributed by atoms with Crippen molar-refractivity contribution < 1.29 is 4.21 Å². The molecule has 4 rings (SSSR count). The fourth-order valence-corrected chi connectivity index (χ4v) is 4.64. The highest BCUT2D eigenvalue weighted by molar-refractivity contribution is 7.85. The summed E-state index contributed by atoms with van der Waals surface area (Å²) in [5.41, 5.74) is 5.46. The smallest absolute Gasteiger partial charge is 0.0994 e. The molecular weight excluding hydrogens is 412 g/mol. The molecule has 4 aromatic carbocycles. The van der Waals surface area contributed by atoms with Gasteiger partial charge in [-0.2, -0.15) is 10.5 Å². The Morgan fingerprint density at radius 2 is 0.938 bits per heavy atom. The Labute approximate surface area is 190 Å². The Balaban J connectivity index is 1.46. The number of hydrogen-bond donors (Lipinski definition) is 0. The van der Waals surface area contributed by atoms with Gasteiger partial charge in [0.05, 0.1) is 34.1 Å². The van der Waals surface area contributed by atoms with Gasteiger partial charge in [0.2, 0.25) is 0 Å². The largest absolute Gasteiger partial charge is 0.249 e. The first kappa shape index (κ1) is 21.2. The van der Waals surface area contributed by atoms with Gasteiger partial charge in [-0.1, -0.05) is 60.7 Å². The number of hydrogen-bond acceptors (Lipinski definition) is 3. The Morgan fingerprint density at radius 3 is 1.31 bits per heavy atom. The summed E-state index contributed by atoms with van der Waals surface area (Å²) >= 11 is 0. The van der Waals surface area contributed by atoms with Gasteiger partial charge in [-0.05, 0) is 71.5 Å². The van der Waals surface area contributed by atoms with Gasteiger partial charge in [0, 0.05) is 9.79 Å². The molecule has 154 valence electrons. The lowest BCUT2D eigenvalue weighted by Crippen LogP contribution is -1.97. The van der Waals surface area contributed by atoms with E-state index in [1.807, 2.05) is 97.1 Å². The third-order valence-electron chi connectivity index (χ3n) is 5.34. The second-order valence-electron chi connectivity index (χ2n) is 7.45. The minimum absolute atomic E-state index is 0.662. The summed E-state index contributed by atoms with van der Waals surface area (Å²) in [5, 5.41) is 18.5. The number of benzene rings is 4. The molecule has 0 bridgehead atoms. The monoisotopic (exact) mass is 432 g/mol. The summed E-state index contributed by atoms with van der Waals surface area (Å²) in [7, 11) is -1.27. The molecule has 0 amide bonds. The van der Waals surface area contributed by atoms with Crippen LogP contribution in [0.25, 0.3) is 0 Å². The molecule has 0 aliphatic carbocycles. The standard InChI is InChI=1S/C28H20N2OS/c29-19-25-7-3-1-5-23(25)17-21-9-13-27(14-10-21)32(31)28-15-11-22(12-16-28)18-24-6-2-4-8-26(24)20-30/h1-16H,17-18H2. The molecule has 3 nitrogen and oxygen atoms in total. The summed E-state index contributed by atoms with van der Waals surface area (Å²) in [6.45, 7) is 0. The van der Waals surface area contributed by atoms with Crippen molar-refractivity contribution in [2.24, 2.45) is 0 Å². The molecule has 0 spiro atoms. The van der Waals surface area contributed by atoms with Gasteiger partial charge in [-0.15, -0.1) is 0 Å². The molecule has 4 aromatic rings. The predicted molar refractivity (Wildman–Crippen MR) is 125 cm³/mol. The second-order valence-corrected chi connectivity index (χ2v) is 8.93. The zero-order valence-electron chi connectivity index (χ0n) is 17.4. The maximum absolute atomic E-state index is 13.0. The topological polar surface area (TPSA) is 64.7 Å². The average Bonchev–Trinajstić information content (AvgIpc) is 2.85. The van der Waals surface area contributed by atoms with Gasteiger partial charge in [0.25, 0.3) is 0 Å². The molecule has 0 aromatic heterocycles. The number of nitrogens with zero attached hydrogens (tertiary/aromatic N) is 2. The zero-order valence-corrected chi connectivity index (χ0v) is 18.2. The van der Waals surface area contributed by atoms with Crippen LogP contribution in [0.3, 0.4) is 0 Å². The van der Waals surface area contributed by atoms with E-state index >= 15 is 0 Å². The van der Waals surface area contributed by atoms with Crippen LogP contribution in [0.2, 0.25) is 0 Å². The van der Waals surface area contributed by atoms with E-state index in [1.165, 1.54) is 0 Å². The third-order valence-corrected chi connectivity index (χ3v) is 6.74. The molecule has 0 N–H and O–H groups in total. The lowest BCUT2D eigenvalue weighted by atomic mass is 10.0. The quantitative estimate of drug-likeness (QED) is 0.388. The van der Waals surface area contributed by atoms with E-state index in [4.69, 9.17) is 0 Å². The van der Waals surface area contributed by atoms with Crippen molar-refractivity contribution in [3.63, 3.8) is 0 Å². The predicted octanol–water partition coefficient (Wildman–Crippen LogP) is 5.78. The normalized spacial score (nSPS) is 10.5. The second kappa shape index (κ2) is 9.88. The van der Waals surface area contributed by atoms with Crippen LogP contribution in [0.1, 0.15) is 33.4 Å². The van der Waals surface area contributed by atoms with E-state index in [9.17, 15) is 14.7 Å². The van der Waals surface area contributed by atoms with Crippen LogP contribution >= 0.6 is 0 Å². The fraction of sp³-hybridized carbons (Fsp3) is 0.0714. The van der Waals surface area contributed by atoms with E-state index in [2.05, 4.69) is 12.1 Å². The third kappa shape index (κ3) is 4.83. The van der Waals surface area contributed by atoms with E-state index in [0.717, 1.165) is 32.0 Å². The zero-order chi connectivity index (χ0) is 22.3. The minimum atomic E-state index is -1.27. The number of rotatable bonds is 6. The summed E-state index contributed by atoms with van der Waals surface area (Å²) in [4.78, 5) is 1.48. The molecule has 32 heavy (non-hydrogen) atoms. The minimum Gasteiger partial charge on any atom is -0.249 e. The molecule has 0 aliphatic rings. The van der Waals surface area contributed by atoms with Crippen LogP contribution in [0.15, 0.2) is 107 Å². The van der Waals surface area contributed by atoms with Crippen LogP contribution in [0.4, 0.5) is 0 Å². The Morgan fingerprint density at radius 1 is 0.562 bits per heavy atom. The first-order valence-electron chi connectivity index (χ1n) is 10.2.